The third kappa shape index (κ3) is 4.45. The van der Waals surface area contributed by atoms with E-state index in [-0.39, 0.29) is 5.03 Å². The van der Waals surface area contributed by atoms with E-state index in [0.717, 1.165) is 19.3 Å². The fourth-order valence-corrected chi connectivity index (χ4v) is 2.71. The Balaban J connectivity index is 2.53. The van der Waals surface area contributed by atoms with Crippen LogP contribution in [0.1, 0.15) is 26.2 Å². The zero-order valence-electron chi connectivity index (χ0n) is 10.0. The van der Waals surface area contributed by atoms with Gasteiger partial charge in [-0.1, -0.05) is 13.3 Å². The van der Waals surface area contributed by atoms with E-state index in [1.165, 1.54) is 12.3 Å². The number of nitrogens with one attached hydrogen (secondary N) is 2. The molecule has 17 heavy (non-hydrogen) atoms. The monoisotopic (exact) mass is 260 g/mol. The maximum absolute atomic E-state index is 11.8. The molecule has 0 saturated heterocycles. The van der Waals surface area contributed by atoms with Gasteiger partial charge in [-0.3, -0.25) is 5.10 Å². The van der Waals surface area contributed by atoms with Gasteiger partial charge in [0, 0.05) is 6.54 Å². The van der Waals surface area contributed by atoms with Crippen LogP contribution in [0.2, 0.25) is 0 Å². The molecule has 0 aliphatic rings. The van der Waals surface area contributed by atoms with Gasteiger partial charge in [-0.25, -0.2) is 13.1 Å². The zero-order chi connectivity index (χ0) is 12.7. The number of aromatic amines is 1. The van der Waals surface area contributed by atoms with Crippen LogP contribution in [0.15, 0.2) is 17.3 Å². The summed E-state index contributed by atoms with van der Waals surface area (Å²) in [6.07, 6.45) is 4.25. The van der Waals surface area contributed by atoms with Gasteiger partial charge in [0.15, 0.2) is 5.03 Å². The molecule has 6 nitrogen and oxygen atoms in total. The van der Waals surface area contributed by atoms with E-state index in [9.17, 15) is 8.42 Å². The summed E-state index contributed by atoms with van der Waals surface area (Å²) in [4.78, 5) is 0. The highest BCUT2D eigenvalue weighted by molar-refractivity contribution is 7.89. The lowest BCUT2D eigenvalue weighted by atomic mass is 10.0. The summed E-state index contributed by atoms with van der Waals surface area (Å²) >= 11 is 0. The Morgan fingerprint density at radius 3 is 2.82 bits per heavy atom. The Bertz CT molecular complexity index is 396. The summed E-state index contributed by atoms with van der Waals surface area (Å²) in [7, 11) is -3.46. The van der Waals surface area contributed by atoms with Crippen molar-refractivity contribution >= 4 is 10.0 Å². The molecule has 0 radical (unpaired) electrons. The maximum Gasteiger partial charge on any atom is 0.257 e. The van der Waals surface area contributed by atoms with E-state index >= 15 is 0 Å². The molecule has 1 aromatic heterocycles. The van der Waals surface area contributed by atoms with Crippen molar-refractivity contribution < 1.29 is 8.42 Å². The van der Waals surface area contributed by atoms with Crippen molar-refractivity contribution in [1.29, 1.82) is 0 Å². The molecule has 0 aliphatic heterocycles. The van der Waals surface area contributed by atoms with Crippen LogP contribution in [0.5, 0.6) is 0 Å². The van der Waals surface area contributed by atoms with Crippen LogP contribution in [0.4, 0.5) is 0 Å². The highest BCUT2D eigenvalue weighted by atomic mass is 32.2. The second kappa shape index (κ2) is 6.73. The predicted octanol–water partition coefficient (Wildman–Crippen LogP) is 0.453. The predicted molar refractivity (Wildman–Crippen MR) is 65.8 cm³/mol. The van der Waals surface area contributed by atoms with Crippen molar-refractivity contribution in [3.8, 4) is 0 Å². The lowest BCUT2D eigenvalue weighted by molar-refractivity contribution is 0.443. The lowest BCUT2D eigenvalue weighted by Gasteiger charge is -2.15. The summed E-state index contributed by atoms with van der Waals surface area (Å²) in [6.45, 7) is 3.08. The normalized spacial score (nSPS) is 13.8. The molecule has 7 heteroatoms. The SMILES string of the molecule is CCCC(CCN)CNS(=O)(=O)c1ccn[nH]1. The molecule has 0 amide bonds. The molecule has 1 unspecified atom stereocenters. The molecule has 0 saturated carbocycles. The van der Waals surface area contributed by atoms with Gasteiger partial charge in [0.1, 0.15) is 0 Å². The van der Waals surface area contributed by atoms with Crippen LogP contribution in [0.25, 0.3) is 0 Å². The van der Waals surface area contributed by atoms with Gasteiger partial charge in [-0.2, -0.15) is 5.10 Å². The Kier molecular flexibility index (Phi) is 5.60. The van der Waals surface area contributed by atoms with Gasteiger partial charge < -0.3 is 5.73 Å². The maximum atomic E-state index is 11.8. The molecule has 0 spiro atoms. The van der Waals surface area contributed by atoms with E-state index < -0.39 is 10.0 Å². The molecule has 1 heterocycles. The standard InChI is InChI=1S/C10H20N4O2S/c1-2-3-9(4-6-11)8-13-17(15,16)10-5-7-12-14-10/h5,7,9,13H,2-4,6,8,11H2,1H3,(H,12,14). The molecular formula is C10H20N4O2S. The quantitative estimate of drug-likeness (QED) is 0.631. The third-order valence-corrected chi connectivity index (χ3v) is 3.95. The summed E-state index contributed by atoms with van der Waals surface area (Å²) in [6, 6.07) is 1.43. The Morgan fingerprint density at radius 1 is 1.53 bits per heavy atom. The van der Waals surface area contributed by atoms with Crippen LogP contribution >= 0.6 is 0 Å². The van der Waals surface area contributed by atoms with E-state index in [1.54, 1.807) is 0 Å². The van der Waals surface area contributed by atoms with Crippen LogP contribution in [-0.4, -0.2) is 31.7 Å². The smallest absolute Gasteiger partial charge is 0.257 e. The van der Waals surface area contributed by atoms with Crippen LogP contribution in [-0.2, 0) is 10.0 Å². The number of sulfonamides is 1. The number of hydrogen-bond donors (Lipinski definition) is 3. The molecule has 1 aromatic rings. The lowest BCUT2D eigenvalue weighted by Crippen LogP contribution is -2.30. The van der Waals surface area contributed by atoms with Crippen LogP contribution in [0, 0.1) is 5.92 Å². The second-order valence-electron chi connectivity index (χ2n) is 4.00. The summed E-state index contributed by atoms with van der Waals surface area (Å²) in [5.41, 5.74) is 5.50. The number of aromatic nitrogens is 2. The molecule has 98 valence electrons. The third-order valence-electron chi connectivity index (χ3n) is 2.60. The van der Waals surface area contributed by atoms with Gasteiger partial charge in [-0.05, 0) is 31.4 Å². The Labute approximate surface area is 102 Å². The number of nitrogens with two attached hydrogens (primary N) is 1. The van der Waals surface area contributed by atoms with Gasteiger partial charge in [-0.15, -0.1) is 0 Å². The van der Waals surface area contributed by atoms with Crippen molar-refractivity contribution in [2.75, 3.05) is 13.1 Å². The molecule has 0 bridgehead atoms. The first-order chi connectivity index (χ1) is 8.10. The van der Waals surface area contributed by atoms with E-state index in [1.807, 2.05) is 0 Å². The molecule has 1 atom stereocenters. The molecule has 0 aliphatic carbocycles. The molecule has 0 aromatic carbocycles. The van der Waals surface area contributed by atoms with Crippen LogP contribution < -0.4 is 10.5 Å². The highest BCUT2D eigenvalue weighted by Crippen LogP contribution is 2.11. The number of hydrogen-bond acceptors (Lipinski definition) is 4. The zero-order valence-corrected chi connectivity index (χ0v) is 10.8. The summed E-state index contributed by atoms with van der Waals surface area (Å²) < 4.78 is 26.2. The van der Waals surface area contributed by atoms with E-state index in [4.69, 9.17) is 5.73 Å². The van der Waals surface area contributed by atoms with Crippen molar-refractivity contribution in [2.24, 2.45) is 11.7 Å². The van der Waals surface area contributed by atoms with Crippen molar-refractivity contribution in [1.82, 2.24) is 14.9 Å². The fourth-order valence-electron chi connectivity index (χ4n) is 1.69. The van der Waals surface area contributed by atoms with Gasteiger partial charge in [0.2, 0.25) is 0 Å². The fraction of sp³-hybridized carbons (Fsp3) is 0.700. The first-order valence-electron chi connectivity index (χ1n) is 5.79. The largest absolute Gasteiger partial charge is 0.330 e. The second-order valence-corrected chi connectivity index (χ2v) is 5.74. The number of rotatable bonds is 8. The average molecular weight is 260 g/mol. The topological polar surface area (TPSA) is 101 Å². The molecule has 4 N–H and O–H groups in total. The minimum atomic E-state index is -3.46. The molecule has 1 rings (SSSR count). The van der Waals surface area contributed by atoms with Gasteiger partial charge in [0.25, 0.3) is 10.0 Å². The van der Waals surface area contributed by atoms with Crippen molar-refractivity contribution in [3.63, 3.8) is 0 Å². The van der Waals surface area contributed by atoms with Gasteiger partial charge >= 0.3 is 0 Å². The summed E-state index contributed by atoms with van der Waals surface area (Å²) in [5, 5.41) is 6.16. The Hall–Kier alpha value is -0.920. The first-order valence-corrected chi connectivity index (χ1v) is 7.27. The van der Waals surface area contributed by atoms with E-state index in [2.05, 4.69) is 21.8 Å². The summed E-state index contributed by atoms with van der Waals surface area (Å²) in [5.74, 6) is 0.294. The number of H-pyrrole nitrogens is 1. The highest BCUT2D eigenvalue weighted by Gasteiger charge is 2.17. The first kappa shape index (κ1) is 14.1. The molecular weight excluding hydrogens is 240 g/mol. The minimum Gasteiger partial charge on any atom is -0.330 e. The minimum absolute atomic E-state index is 0.0977. The number of nitrogens with zero attached hydrogens (tertiary/aromatic N) is 1. The van der Waals surface area contributed by atoms with Crippen molar-refractivity contribution in [3.05, 3.63) is 12.3 Å². The molecule has 0 fully saturated rings. The Morgan fingerprint density at radius 2 is 2.29 bits per heavy atom. The average Bonchev–Trinajstić information content (AvgIpc) is 2.81. The van der Waals surface area contributed by atoms with Gasteiger partial charge in [0.05, 0.1) is 6.20 Å². The van der Waals surface area contributed by atoms with E-state index in [0.29, 0.717) is 19.0 Å². The van der Waals surface area contributed by atoms with Crippen molar-refractivity contribution in [2.45, 2.75) is 31.2 Å². The van der Waals surface area contributed by atoms with Crippen LogP contribution in [0.3, 0.4) is 0 Å².